The summed E-state index contributed by atoms with van der Waals surface area (Å²) >= 11 is 0. The second-order valence-electron chi connectivity index (χ2n) is 4.96. The van der Waals surface area contributed by atoms with Crippen LogP contribution in [0.15, 0.2) is 18.2 Å². The van der Waals surface area contributed by atoms with Crippen molar-refractivity contribution in [2.24, 2.45) is 0 Å². The average Bonchev–Trinajstić information content (AvgIpc) is 2.40. The summed E-state index contributed by atoms with van der Waals surface area (Å²) in [5, 5.41) is 12.8. The largest absolute Gasteiger partial charge is 0.388 e. The van der Waals surface area contributed by atoms with E-state index in [4.69, 9.17) is 4.74 Å². The molecule has 0 spiro atoms. The highest BCUT2D eigenvalue weighted by molar-refractivity contribution is 5.94. The topological polar surface area (TPSA) is 58.6 Å². The predicted octanol–water partition coefficient (Wildman–Crippen LogP) is 1.41. The highest BCUT2D eigenvalue weighted by Crippen LogP contribution is 2.19. The number of ether oxygens (including phenoxy) is 1. The van der Waals surface area contributed by atoms with Crippen molar-refractivity contribution in [1.82, 2.24) is 5.32 Å². The average molecular weight is 267 g/mol. The van der Waals surface area contributed by atoms with Crippen LogP contribution in [-0.4, -0.2) is 36.4 Å². The van der Waals surface area contributed by atoms with Gasteiger partial charge in [0.05, 0.1) is 11.2 Å². The number of carbonyl (C=O) groups is 1. The Morgan fingerprint density at radius 3 is 2.84 bits per heavy atom. The fraction of sp³-hybridized carbons (Fsp3) is 0.500. The van der Waals surface area contributed by atoms with Crippen LogP contribution in [-0.2, 0) is 4.74 Å². The summed E-state index contributed by atoms with van der Waals surface area (Å²) in [5.74, 6) is -1.01. The zero-order valence-electron chi connectivity index (χ0n) is 10.9. The number of aliphatic hydroxyl groups is 1. The van der Waals surface area contributed by atoms with E-state index in [2.05, 4.69) is 5.32 Å². The first-order valence-electron chi connectivity index (χ1n) is 6.35. The molecule has 5 heteroatoms. The lowest BCUT2D eigenvalue weighted by atomic mass is 9.94. The zero-order chi connectivity index (χ0) is 13.9. The fourth-order valence-electron chi connectivity index (χ4n) is 2.09. The third-order valence-corrected chi connectivity index (χ3v) is 3.44. The first-order chi connectivity index (χ1) is 9.02. The van der Waals surface area contributed by atoms with Gasteiger partial charge in [-0.2, -0.15) is 0 Å². The minimum Gasteiger partial charge on any atom is -0.388 e. The van der Waals surface area contributed by atoms with Gasteiger partial charge >= 0.3 is 0 Å². The van der Waals surface area contributed by atoms with Crippen molar-refractivity contribution in [3.63, 3.8) is 0 Å². The molecule has 0 aromatic heterocycles. The molecule has 1 aliphatic heterocycles. The fourth-order valence-corrected chi connectivity index (χ4v) is 2.09. The molecular weight excluding hydrogens is 249 g/mol. The Labute approximate surface area is 111 Å². The lowest BCUT2D eigenvalue weighted by Gasteiger charge is -2.32. The van der Waals surface area contributed by atoms with Crippen LogP contribution < -0.4 is 5.32 Å². The van der Waals surface area contributed by atoms with Crippen LogP contribution in [0, 0.1) is 12.7 Å². The van der Waals surface area contributed by atoms with Gasteiger partial charge in [-0.1, -0.05) is 12.1 Å². The maximum Gasteiger partial charge on any atom is 0.254 e. The molecule has 0 aliphatic carbocycles. The van der Waals surface area contributed by atoms with Gasteiger partial charge in [-0.05, 0) is 18.6 Å². The molecule has 0 saturated carbocycles. The molecule has 1 aliphatic rings. The van der Waals surface area contributed by atoms with E-state index in [1.165, 1.54) is 6.07 Å². The Morgan fingerprint density at radius 1 is 1.47 bits per heavy atom. The number of carbonyl (C=O) groups excluding carboxylic acids is 1. The van der Waals surface area contributed by atoms with Gasteiger partial charge in [0.2, 0.25) is 0 Å². The van der Waals surface area contributed by atoms with Gasteiger partial charge in [-0.15, -0.1) is 0 Å². The first-order valence-corrected chi connectivity index (χ1v) is 6.35. The van der Waals surface area contributed by atoms with Crippen molar-refractivity contribution in [3.05, 3.63) is 35.1 Å². The number of hydrogen-bond donors (Lipinski definition) is 2. The quantitative estimate of drug-likeness (QED) is 0.870. The Hall–Kier alpha value is -1.46. The van der Waals surface area contributed by atoms with Gasteiger partial charge in [-0.3, -0.25) is 4.79 Å². The van der Waals surface area contributed by atoms with Gasteiger partial charge in [0.15, 0.2) is 0 Å². The molecule has 2 N–H and O–H groups in total. The Balaban J connectivity index is 1.99. The van der Waals surface area contributed by atoms with Crippen LogP contribution in [0.1, 0.15) is 28.8 Å². The molecule has 4 nitrogen and oxygen atoms in total. The summed E-state index contributed by atoms with van der Waals surface area (Å²) in [7, 11) is 0. The summed E-state index contributed by atoms with van der Waals surface area (Å²) in [4.78, 5) is 11.9. The first kappa shape index (κ1) is 14.0. The second-order valence-corrected chi connectivity index (χ2v) is 4.96. The van der Waals surface area contributed by atoms with Crippen LogP contribution in [0.4, 0.5) is 4.39 Å². The number of rotatable bonds is 3. The lowest BCUT2D eigenvalue weighted by Crippen LogP contribution is -2.46. The number of hydrogen-bond acceptors (Lipinski definition) is 3. The Morgan fingerprint density at radius 2 is 2.16 bits per heavy atom. The standard InChI is InChI=1S/C14H18FNO3/c1-10-3-2-4-11(12(10)15)13(17)16-9-14(18)5-7-19-8-6-14/h2-4,18H,5-9H2,1H3,(H,16,17). The van der Waals surface area contributed by atoms with E-state index < -0.39 is 17.3 Å². The molecule has 1 aromatic carbocycles. The molecule has 104 valence electrons. The molecular formula is C14H18FNO3. The van der Waals surface area contributed by atoms with Gasteiger partial charge < -0.3 is 15.2 Å². The van der Waals surface area contributed by atoms with E-state index in [-0.39, 0.29) is 12.1 Å². The van der Waals surface area contributed by atoms with Crippen molar-refractivity contribution in [2.45, 2.75) is 25.4 Å². The van der Waals surface area contributed by atoms with Crippen molar-refractivity contribution >= 4 is 5.91 Å². The molecule has 1 aromatic rings. The molecule has 0 unspecified atom stereocenters. The van der Waals surface area contributed by atoms with Gasteiger partial charge in [0.1, 0.15) is 5.82 Å². The van der Waals surface area contributed by atoms with E-state index >= 15 is 0 Å². The molecule has 1 saturated heterocycles. The van der Waals surface area contributed by atoms with E-state index in [1.807, 2.05) is 0 Å². The molecule has 0 radical (unpaired) electrons. The molecule has 1 fully saturated rings. The van der Waals surface area contributed by atoms with E-state index in [9.17, 15) is 14.3 Å². The zero-order valence-corrected chi connectivity index (χ0v) is 10.9. The van der Waals surface area contributed by atoms with Gasteiger partial charge in [0.25, 0.3) is 5.91 Å². The molecule has 19 heavy (non-hydrogen) atoms. The molecule has 0 atom stereocenters. The molecule has 1 heterocycles. The molecule has 2 rings (SSSR count). The Bertz CT molecular complexity index is 470. The summed E-state index contributed by atoms with van der Waals surface area (Å²) in [6, 6.07) is 4.68. The number of benzene rings is 1. The minimum absolute atomic E-state index is 0.00987. The van der Waals surface area contributed by atoms with Crippen LogP contribution >= 0.6 is 0 Å². The van der Waals surface area contributed by atoms with Crippen molar-refractivity contribution in [2.75, 3.05) is 19.8 Å². The smallest absolute Gasteiger partial charge is 0.254 e. The number of halogens is 1. The van der Waals surface area contributed by atoms with Crippen LogP contribution in [0.3, 0.4) is 0 Å². The van der Waals surface area contributed by atoms with Crippen molar-refractivity contribution in [3.8, 4) is 0 Å². The second kappa shape index (κ2) is 5.67. The summed E-state index contributed by atoms with van der Waals surface area (Å²) < 4.78 is 18.9. The van der Waals surface area contributed by atoms with Gasteiger partial charge in [-0.25, -0.2) is 4.39 Å². The van der Waals surface area contributed by atoms with E-state index in [0.717, 1.165) is 0 Å². The van der Waals surface area contributed by atoms with Crippen LogP contribution in [0.2, 0.25) is 0 Å². The minimum atomic E-state index is -0.950. The van der Waals surface area contributed by atoms with Crippen molar-refractivity contribution < 1.29 is 19.0 Å². The normalized spacial score (nSPS) is 18.1. The highest BCUT2D eigenvalue weighted by Gasteiger charge is 2.30. The third-order valence-electron chi connectivity index (χ3n) is 3.44. The van der Waals surface area contributed by atoms with Crippen molar-refractivity contribution in [1.29, 1.82) is 0 Å². The maximum atomic E-state index is 13.8. The number of aryl methyl sites for hydroxylation is 1. The number of nitrogens with one attached hydrogen (secondary N) is 1. The maximum absolute atomic E-state index is 13.8. The van der Waals surface area contributed by atoms with E-state index in [1.54, 1.807) is 19.1 Å². The predicted molar refractivity (Wildman–Crippen MR) is 68.5 cm³/mol. The Kier molecular flexibility index (Phi) is 4.17. The highest BCUT2D eigenvalue weighted by atomic mass is 19.1. The lowest BCUT2D eigenvalue weighted by molar-refractivity contribution is -0.0605. The number of amides is 1. The summed E-state index contributed by atoms with van der Waals surface area (Å²) in [6.45, 7) is 2.68. The third kappa shape index (κ3) is 3.30. The van der Waals surface area contributed by atoms with Crippen LogP contribution in [0.25, 0.3) is 0 Å². The molecule has 1 amide bonds. The summed E-state index contributed by atoms with van der Waals surface area (Å²) in [5.41, 5.74) is -0.512. The molecule has 0 bridgehead atoms. The summed E-state index contributed by atoms with van der Waals surface area (Å²) in [6.07, 6.45) is 0.952. The van der Waals surface area contributed by atoms with Gasteiger partial charge in [0, 0.05) is 32.6 Å². The van der Waals surface area contributed by atoms with Crippen LogP contribution in [0.5, 0.6) is 0 Å². The van der Waals surface area contributed by atoms with E-state index in [0.29, 0.717) is 31.6 Å². The SMILES string of the molecule is Cc1cccc(C(=O)NCC2(O)CCOCC2)c1F. The monoisotopic (exact) mass is 267 g/mol.